The first kappa shape index (κ1) is 11.4. The third-order valence-corrected chi connectivity index (χ3v) is 2.37. The van der Waals surface area contributed by atoms with Crippen LogP contribution in [0.1, 0.15) is 12.8 Å². The summed E-state index contributed by atoms with van der Waals surface area (Å²) in [6.45, 7) is 0.523. The van der Waals surface area contributed by atoms with Crippen LogP contribution in [0.25, 0.3) is 0 Å². The highest BCUT2D eigenvalue weighted by molar-refractivity contribution is 9.10. The van der Waals surface area contributed by atoms with E-state index in [1.54, 1.807) is 12.1 Å². The Morgan fingerprint density at radius 1 is 1.50 bits per heavy atom. The number of hydrogen-bond donors (Lipinski definition) is 0. The number of unbranched alkanes of at least 4 members (excludes halogenated alkanes) is 1. The van der Waals surface area contributed by atoms with Crippen molar-refractivity contribution in [2.75, 3.05) is 6.61 Å². The topological polar surface area (TPSA) is 33.0 Å². The average Bonchev–Trinajstić information content (AvgIpc) is 2.15. The first-order chi connectivity index (χ1) is 6.74. The van der Waals surface area contributed by atoms with Gasteiger partial charge in [0, 0.05) is 10.9 Å². The van der Waals surface area contributed by atoms with Crippen LogP contribution in [-0.4, -0.2) is 6.61 Å². The lowest BCUT2D eigenvalue weighted by Crippen LogP contribution is -1.96. The van der Waals surface area contributed by atoms with E-state index in [4.69, 9.17) is 21.6 Å². The molecule has 1 aromatic rings. The number of benzene rings is 1. The van der Waals surface area contributed by atoms with Gasteiger partial charge in [0.25, 0.3) is 0 Å². The molecule has 1 rings (SSSR count). The van der Waals surface area contributed by atoms with Gasteiger partial charge in [-0.1, -0.05) is 27.5 Å². The predicted octanol–water partition coefficient (Wildman–Crippen LogP) is 3.79. The minimum atomic E-state index is 0.508. The van der Waals surface area contributed by atoms with Gasteiger partial charge in [-0.15, -0.1) is 0 Å². The third-order valence-electron chi connectivity index (χ3n) is 1.58. The van der Waals surface area contributed by atoms with Crippen molar-refractivity contribution in [3.8, 4) is 11.8 Å². The minimum Gasteiger partial charge on any atom is -0.492 e. The lowest BCUT2D eigenvalue weighted by Gasteiger charge is -2.06. The van der Waals surface area contributed by atoms with Gasteiger partial charge in [0.15, 0.2) is 0 Å². The molecule has 14 heavy (non-hydrogen) atoms. The molecule has 4 heteroatoms. The molecule has 74 valence electrons. The van der Waals surface area contributed by atoms with Gasteiger partial charge < -0.3 is 4.74 Å². The van der Waals surface area contributed by atoms with Gasteiger partial charge in [-0.25, -0.2) is 0 Å². The van der Waals surface area contributed by atoms with Gasteiger partial charge in [0.05, 0.1) is 17.7 Å². The molecular formula is C10H9BrClNO. The molecule has 0 aromatic heterocycles. The fourth-order valence-corrected chi connectivity index (χ4v) is 1.65. The normalized spacial score (nSPS) is 9.50. The first-order valence-corrected chi connectivity index (χ1v) is 5.36. The number of rotatable bonds is 4. The van der Waals surface area contributed by atoms with E-state index in [0.717, 1.165) is 10.9 Å². The van der Waals surface area contributed by atoms with Crippen molar-refractivity contribution >= 4 is 27.5 Å². The van der Waals surface area contributed by atoms with Crippen LogP contribution in [0, 0.1) is 11.3 Å². The number of hydrogen-bond acceptors (Lipinski definition) is 2. The first-order valence-electron chi connectivity index (χ1n) is 4.19. The van der Waals surface area contributed by atoms with Crippen LogP contribution < -0.4 is 4.74 Å². The summed E-state index contributed by atoms with van der Waals surface area (Å²) in [5, 5.41) is 8.90. The van der Waals surface area contributed by atoms with E-state index in [-0.39, 0.29) is 0 Å². The molecule has 0 unspecified atom stereocenters. The van der Waals surface area contributed by atoms with Gasteiger partial charge in [-0.2, -0.15) is 5.26 Å². The molecule has 0 heterocycles. The highest BCUT2D eigenvalue weighted by Crippen LogP contribution is 2.27. The number of ether oxygens (including phenoxy) is 1. The second-order valence-electron chi connectivity index (χ2n) is 2.68. The largest absolute Gasteiger partial charge is 0.492 e. The Morgan fingerprint density at radius 2 is 2.29 bits per heavy atom. The van der Waals surface area contributed by atoms with Gasteiger partial charge in [-0.05, 0) is 24.6 Å². The van der Waals surface area contributed by atoms with Crippen molar-refractivity contribution in [2.24, 2.45) is 0 Å². The third kappa shape index (κ3) is 3.57. The Morgan fingerprint density at radius 3 is 2.93 bits per heavy atom. The molecule has 0 amide bonds. The van der Waals surface area contributed by atoms with Gasteiger partial charge in [0.2, 0.25) is 0 Å². The second-order valence-corrected chi connectivity index (χ2v) is 4.01. The summed E-state index contributed by atoms with van der Waals surface area (Å²) < 4.78 is 6.31. The Labute approximate surface area is 96.6 Å². The smallest absolute Gasteiger partial charge is 0.137 e. The molecule has 0 aliphatic heterocycles. The molecular weight excluding hydrogens is 265 g/mol. The summed E-state index contributed by atoms with van der Waals surface area (Å²) in [5.74, 6) is 0.660. The standard InChI is InChI=1S/C10H9BrClNO/c11-8-3-4-10(9(12)7-8)14-6-2-1-5-13/h3-4,7H,1-2,6H2. The van der Waals surface area contributed by atoms with Crippen LogP contribution in [0.15, 0.2) is 22.7 Å². The number of nitrogens with zero attached hydrogens (tertiary/aromatic N) is 1. The fourth-order valence-electron chi connectivity index (χ4n) is 0.926. The Balaban J connectivity index is 2.47. The number of nitriles is 1. The lowest BCUT2D eigenvalue weighted by atomic mass is 10.3. The SMILES string of the molecule is N#CCCCOc1ccc(Br)cc1Cl. The predicted molar refractivity (Wildman–Crippen MR) is 59.5 cm³/mol. The van der Waals surface area contributed by atoms with E-state index < -0.39 is 0 Å². The summed E-state index contributed by atoms with van der Waals surface area (Å²) in [6, 6.07) is 7.51. The van der Waals surface area contributed by atoms with Crippen molar-refractivity contribution in [1.29, 1.82) is 5.26 Å². The van der Waals surface area contributed by atoms with Crippen LogP contribution in [-0.2, 0) is 0 Å². The van der Waals surface area contributed by atoms with Crippen LogP contribution in [0.4, 0.5) is 0 Å². The molecule has 0 bridgehead atoms. The van der Waals surface area contributed by atoms with E-state index in [0.29, 0.717) is 23.8 Å². The minimum absolute atomic E-state index is 0.508. The van der Waals surface area contributed by atoms with Crippen molar-refractivity contribution in [1.82, 2.24) is 0 Å². The van der Waals surface area contributed by atoms with Crippen LogP contribution >= 0.6 is 27.5 Å². The van der Waals surface area contributed by atoms with Gasteiger partial charge >= 0.3 is 0 Å². The van der Waals surface area contributed by atoms with Crippen molar-refractivity contribution in [3.05, 3.63) is 27.7 Å². The Bertz CT molecular complexity index is 348. The fraction of sp³-hybridized carbons (Fsp3) is 0.300. The summed E-state index contributed by atoms with van der Waals surface area (Å²) >= 11 is 9.23. The maximum Gasteiger partial charge on any atom is 0.137 e. The van der Waals surface area contributed by atoms with Gasteiger partial charge in [-0.3, -0.25) is 0 Å². The van der Waals surface area contributed by atoms with E-state index in [1.807, 2.05) is 6.07 Å². The van der Waals surface area contributed by atoms with Crippen molar-refractivity contribution in [3.63, 3.8) is 0 Å². The lowest BCUT2D eigenvalue weighted by molar-refractivity contribution is 0.313. The Kier molecular flexibility index (Phi) is 4.78. The van der Waals surface area contributed by atoms with E-state index in [1.165, 1.54) is 0 Å². The molecule has 0 atom stereocenters. The maximum atomic E-state index is 8.32. The van der Waals surface area contributed by atoms with Crippen LogP contribution in [0.5, 0.6) is 5.75 Å². The summed E-state index contributed by atoms with van der Waals surface area (Å²) in [7, 11) is 0. The van der Waals surface area contributed by atoms with Crippen molar-refractivity contribution in [2.45, 2.75) is 12.8 Å². The monoisotopic (exact) mass is 273 g/mol. The molecule has 2 nitrogen and oxygen atoms in total. The van der Waals surface area contributed by atoms with E-state index in [2.05, 4.69) is 22.0 Å². The highest BCUT2D eigenvalue weighted by atomic mass is 79.9. The molecule has 0 radical (unpaired) electrons. The zero-order valence-corrected chi connectivity index (χ0v) is 9.81. The van der Waals surface area contributed by atoms with E-state index >= 15 is 0 Å². The molecule has 0 fully saturated rings. The molecule has 0 saturated heterocycles. The molecule has 0 saturated carbocycles. The molecule has 0 spiro atoms. The summed E-state index contributed by atoms with van der Waals surface area (Å²) in [5.41, 5.74) is 0. The van der Waals surface area contributed by atoms with E-state index in [9.17, 15) is 0 Å². The zero-order chi connectivity index (χ0) is 10.4. The Hall–Kier alpha value is -0.720. The quantitative estimate of drug-likeness (QED) is 0.783. The second kappa shape index (κ2) is 5.90. The van der Waals surface area contributed by atoms with Crippen LogP contribution in [0.3, 0.4) is 0 Å². The van der Waals surface area contributed by atoms with Crippen molar-refractivity contribution < 1.29 is 4.74 Å². The molecule has 0 N–H and O–H groups in total. The van der Waals surface area contributed by atoms with Crippen LogP contribution in [0.2, 0.25) is 5.02 Å². The molecule has 0 aliphatic carbocycles. The average molecular weight is 275 g/mol. The summed E-state index contributed by atoms with van der Waals surface area (Å²) in [4.78, 5) is 0. The molecule has 0 aliphatic rings. The number of halogens is 2. The summed E-state index contributed by atoms with van der Waals surface area (Å²) in [6.07, 6.45) is 1.23. The van der Waals surface area contributed by atoms with Gasteiger partial charge in [0.1, 0.15) is 5.75 Å². The maximum absolute atomic E-state index is 8.32. The molecule has 1 aromatic carbocycles. The zero-order valence-electron chi connectivity index (χ0n) is 7.46. The highest BCUT2D eigenvalue weighted by Gasteiger charge is 2.01.